The van der Waals surface area contributed by atoms with Gasteiger partial charge in [-0.25, -0.2) is 4.79 Å². The summed E-state index contributed by atoms with van der Waals surface area (Å²) in [7, 11) is 0. The first-order valence-corrected chi connectivity index (χ1v) is 7.20. The third kappa shape index (κ3) is 6.07. The average molecular weight is 304 g/mol. The van der Waals surface area contributed by atoms with Gasteiger partial charge in [0, 0.05) is 25.7 Å². The third-order valence-electron chi connectivity index (χ3n) is 3.21. The van der Waals surface area contributed by atoms with Gasteiger partial charge in [0.25, 0.3) is 0 Å². The molecule has 0 unspecified atom stereocenters. The van der Waals surface area contributed by atoms with Crippen LogP contribution < -0.4 is 0 Å². The Hall–Kier alpha value is -2.18. The Balaban J connectivity index is 1.75. The monoisotopic (exact) mass is 304 g/mol. The van der Waals surface area contributed by atoms with Gasteiger partial charge in [0.2, 0.25) is 0 Å². The second-order valence-electron chi connectivity index (χ2n) is 4.86. The number of nitrogens with zero attached hydrogens (tertiary/aromatic N) is 2. The Kier molecular flexibility index (Phi) is 6.60. The molecule has 0 atom stereocenters. The van der Waals surface area contributed by atoms with E-state index in [-0.39, 0.29) is 0 Å². The summed E-state index contributed by atoms with van der Waals surface area (Å²) in [4.78, 5) is 18.0. The Labute approximate surface area is 129 Å². The summed E-state index contributed by atoms with van der Waals surface area (Å²) in [5, 5.41) is 12.5. The second kappa shape index (κ2) is 8.96. The molecule has 1 saturated heterocycles. The molecule has 1 aliphatic heterocycles. The van der Waals surface area contributed by atoms with Crippen LogP contribution >= 0.6 is 0 Å². The Bertz CT molecular complexity index is 537. The predicted molar refractivity (Wildman–Crippen MR) is 83.9 cm³/mol. The summed E-state index contributed by atoms with van der Waals surface area (Å²) in [5.41, 5.74) is 1.67. The van der Waals surface area contributed by atoms with Crippen molar-refractivity contribution in [3.63, 3.8) is 0 Å². The maximum absolute atomic E-state index is 10.5. The van der Waals surface area contributed by atoms with Crippen LogP contribution in [0, 0.1) is 0 Å². The molecule has 1 aliphatic rings. The van der Waals surface area contributed by atoms with Gasteiger partial charge in [-0.2, -0.15) is 0 Å². The van der Waals surface area contributed by atoms with Gasteiger partial charge in [-0.15, -0.1) is 0 Å². The molecule has 6 nitrogen and oxygen atoms in total. The van der Waals surface area contributed by atoms with Gasteiger partial charge in [0.05, 0.1) is 19.4 Å². The number of oxime groups is 1. The maximum Gasteiger partial charge on any atom is 0.328 e. The fraction of sp³-hybridized carbons (Fsp3) is 0.375. The van der Waals surface area contributed by atoms with Gasteiger partial charge in [0.15, 0.2) is 0 Å². The molecule has 0 saturated carbocycles. The first-order valence-electron chi connectivity index (χ1n) is 7.20. The number of carboxylic acids is 1. The molecule has 0 bridgehead atoms. The lowest BCUT2D eigenvalue weighted by molar-refractivity contribution is -0.131. The van der Waals surface area contributed by atoms with Crippen LogP contribution in [-0.4, -0.2) is 61.6 Å². The van der Waals surface area contributed by atoms with E-state index in [9.17, 15) is 4.79 Å². The van der Waals surface area contributed by atoms with Crippen molar-refractivity contribution in [2.75, 3.05) is 39.5 Å². The number of carbonyl (C=O) groups is 1. The molecular weight excluding hydrogens is 284 g/mol. The van der Waals surface area contributed by atoms with Gasteiger partial charge >= 0.3 is 5.97 Å². The highest BCUT2D eigenvalue weighted by Crippen LogP contribution is 2.05. The molecule has 1 heterocycles. The van der Waals surface area contributed by atoms with Crippen molar-refractivity contribution in [1.82, 2.24) is 4.90 Å². The summed E-state index contributed by atoms with van der Waals surface area (Å²) in [6.07, 6.45) is 4.27. The van der Waals surface area contributed by atoms with E-state index in [2.05, 4.69) is 10.1 Å². The minimum atomic E-state index is -0.967. The van der Waals surface area contributed by atoms with Crippen molar-refractivity contribution >= 4 is 18.3 Å². The van der Waals surface area contributed by atoms with Gasteiger partial charge < -0.3 is 14.7 Å². The fourth-order valence-electron chi connectivity index (χ4n) is 2.06. The van der Waals surface area contributed by atoms with E-state index in [1.807, 2.05) is 24.3 Å². The van der Waals surface area contributed by atoms with E-state index >= 15 is 0 Å². The number of aliphatic carboxylic acids is 1. The van der Waals surface area contributed by atoms with Crippen molar-refractivity contribution in [3.8, 4) is 0 Å². The average Bonchev–Trinajstić information content (AvgIpc) is 2.54. The topological polar surface area (TPSA) is 71.4 Å². The normalized spacial score (nSPS) is 16.4. The van der Waals surface area contributed by atoms with Crippen LogP contribution in [0.3, 0.4) is 0 Å². The molecule has 1 fully saturated rings. The fourth-order valence-corrected chi connectivity index (χ4v) is 2.06. The molecule has 0 amide bonds. The van der Waals surface area contributed by atoms with E-state index in [1.54, 1.807) is 12.3 Å². The van der Waals surface area contributed by atoms with Gasteiger partial charge in [-0.3, -0.25) is 4.90 Å². The van der Waals surface area contributed by atoms with Gasteiger partial charge in [-0.05, 0) is 23.3 Å². The molecule has 0 radical (unpaired) electrons. The summed E-state index contributed by atoms with van der Waals surface area (Å²) in [6.45, 7) is 4.80. The molecule has 1 aromatic carbocycles. The van der Waals surface area contributed by atoms with Crippen molar-refractivity contribution in [3.05, 3.63) is 41.5 Å². The zero-order valence-corrected chi connectivity index (χ0v) is 12.4. The number of ether oxygens (including phenoxy) is 1. The molecule has 6 heteroatoms. The maximum atomic E-state index is 10.5. The smallest absolute Gasteiger partial charge is 0.328 e. The quantitative estimate of drug-likeness (QED) is 0.357. The number of hydrogen-bond acceptors (Lipinski definition) is 5. The molecule has 0 aliphatic carbocycles. The molecular formula is C16H20N2O4. The first kappa shape index (κ1) is 16.2. The minimum Gasteiger partial charge on any atom is -0.478 e. The van der Waals surface area contributed by atoms with Crippen molar-refractivity contribution < 1.29 is 19.5 Å². The van der Waals surface area contributed by atoms with Crippen molar-refractivity contribution in [2.45, 2.75) is 0 Å². The van der Waals surface area contributed by atoms with Crippen LogP contribution in [0.15, 0.2) is 35.5 Å². The lowest BCUT2D eigenvalue weighted by Gasteiger charge is -2.25. The van der Waals surface area contributed by atoms with Crippen LogP contribution in [0.4, 0.5) is 0 Å². The van der Waals surface area contributed by atoms with Crippen molar-refractivity contribution in [1.29, 1.82) is 0 Å². The van der Waals surface area contributed by atoms with E-state index in [0.29, 0.717) is 6.61 Å². The molecule has 22 heavy (non-hydrogen) atoms. The summed E-state index contributed by atoms with van der Waals surface area (Å²) in [6, 6.07) is 7.40. The lowest BCUT2D eigenvalue weighted by Crippen LogP contribution is -2.38. The molecule has 0 spiro atoms. The SMILES string of the molecule is O=C(O)/C=C/c1cccc(C=NOCCN2CCOCC2)c1. The Morgan fingerprint density at radius 1 is 1.36 bits per heavy atom. The van der Waals surface area contributed by atoms with Gasteiger partial charge in [-0.1, -0.05) is 23.4 Å². The number of rotatable bonds is 7. The lowest BCUT2D eigenvalue weighted by atomic mass is 10.1. The highest BCUT2D eigenvalue weighted by molar-refractivity contribution is 5.86. The van der Waals surface area contributed by atoms with Crippen LogP contribution in [0.25, 0.3) is 6.08 Å². The highest BCUT2D eigenvalue weighted by Gasteiger charge is 2.09. The summed E-state index contributed by atoms with van der Waals surface area (Å²) >= 11 is 0. The predicted octanol–water partition coefficient (Wildman–Crippen LogP) is 1.47. The minimum absolute atomic E-state index is 0.537. The van der Waals surface area contributed by atoms with Crippen LogP contribution in [0.1, 0.15) is 11.1 Å². The number of morpholine rings is 1. The van der Waals surface area contributed by atoms with E-state index in [0.717, 1.165) is 50.1 Å². The van der Waals surface area contributed by atoms with Crippen LogP contribution in [-0.2, 0) is 14.4 Å². The molecule has 118 valence electrons. The zero-order chi connectivity index (χ0) is 15.6. The van der Waals surface area contributed by atoms with Gasteiger partial charge in [0.1, 0.15) is 6.61 Å². The Morgan fingerprint density at radius 2 is 2.14 bits per heavy atom. The van der Waals surface area contributed by atoms with Crippen molar-refractivity contribution in [2.24, 2.45) is 5.16 Å². The first-order chi connectivity index (χ1) is 10.7. The highest BCUT2D eigenvalue weighted by atomic mass is 16.6. The van der Waals surface area contributed by atoms with Crippen LogP contribution in [0.5, 0.6) is 0 Å². The molecule has 2 rings (SSSR count). The van der Waals surface area contributed by atoms with E-state index < -0.39 is 5.97 Å². The van der Waals surface area contributed by atoms with E-state index in [1.165, 1.54) is 0 Å². The zero-order valence-electron chi connectivity index (χ0n) is 12.4. The Morgan fingerprint density at radius 3 is 2.91 bits per heavy atom. The van der Waals surface area contributed by atoms with E-state index in [4.69, 9.17) is 14.7 Å². The summed E-state index contributed by atoms with van der Waals surface area (Å²) < 4.78 is 5.28. The number of hydrogen-bond donors (Lipinski definition) is 1. The van der Waals surface area contributed by atoms with Crippen LogP contribution in [0.2, 0.25) is 0 Å². The number of carboxylic acid groups (broad SMARTS) is 1. The standard InChI is InChI=1S/C16H20N2O4/c19-16(20)5-4-14-2-1-3-15(12-14)13-17-22-11-8-18-6-9-21-10-7-18/h1-5,12-13H,6-11H2,(H,19,20)/b5-4+,17-13?. The largest absolute Gasteiger partial charge is 0.478 e. The second-order valence-corrected chi connectivity index (χ2v) is 4.86. The molecule has 1 N–H and O–H groups in total. The number of benzene rings is 1. The molecule has 1 aromatic rings. The summed E-state index contributed by atoms with van der Waals surface area (Å²) in [5.74, 6) is -0.967. The molecule has 0 aromatic heterocycles. The third-order valence-corrected chi connectivity index (χ3v) is 3.21.